The van der Waals surface area contributed by atoms with Gasteiger partial charge in [0.15, 0.2) is 0 Å². The Morgan fingerprint density at radius 1 is 1.62 bits per heavy atom. The van der Waals surface area contributed by atoms with Crippen LogP contribution >= 0.6 is 15.9 Å². The molecule has 0 fully saturated rings. The van der Waals surface area contributed by atoms with Crippen molar-refractivity contribution in [2.24, 2.45) is 5.92 Å². The molecule has 0 aliphatic carbocycles. The molecule has 0 saturated heterocycles. The van der Waals surface area contributed by atoms with Crippen LogP contribution in [0.25, 0.3) is 10.9 Å². The number of aromatic amines is 1. The third kappa shape index (κ3) is 2.53. The number of hydrogen-bond donors (Lipinski definition) is 1. The first-order valence-corrected chi connectivity index (χ1v) is 7.26. The zero-order valence-corrected chi connectivity index (χ0v) is 12.9. The topological polar surface area (TPSA) is 81.3 Å². The smallest absolute Gasteiger partial charge is 0.310 e. The number of benzene rings is 1. The van der Waals surface area contributed by atoms with Gasteiger partial charge in [0.2, 0.25) is 0 Å². The molecule has 1 aromatic heterocycles. The number of nitrogens with one attached hydrogen (secondary N) is 1. The van der Waals surface area contributed by atoms with Gasteiger partial charge in [-0.25, -0.2) is 0 Å². The lowest BCUT2D eigenvalue weighted by molar-refractivity contribution is -0.154. The second-order valence-electron chi connectivity index (χ2n) is 4.94. The normalized spacial score (nSPS) is 18.0. The number of fused-ring (bicyclic) bond motifs is 3. The third-order valence-corrected chi connectivity index (χ3v) is 4.32. The number of cyclic esters (lactones) is 1. The number of carbonyl (C=O) groups excluding carboxylic acids is 2. The Labute approximate surface area is 128 Å². The molecule has 1 N–H and O–H groups in total. The molecule has 6 nitrogen and oxygen atoms in total. The lowest BCUT2D eigenvalue weighted by atomic mass is 9.93. The average Bonchev–Trinajstić information content (AvgIpc) is 2.90. The van der Waals surface area contributed by atoms with E-state index in [1.54, 1.807) is 6.20 Å². The first-order valence-electron chi connectivity index (χ1n) is 6.47. The fraction of sp³-hybridized carbons (Fsp3) is 0.357. The largest absolute Gasteiger partial charge is 0.469 e. The standard InChI is InChI=1S/C14H13BrN2O4/c1-20-12(18)4-8-2-7-3-11(15)13-9(5-16-17-13)10(7)6-21-14(8)19/h3,5,8H,2,4,6H2,1H3,(H,16,17). The van der Waals surface area contributed by atoms with E-state index in [1.807, 2.05) is 6.07 Å². The Morgan fingerprint density at radius 2 is 2.43 bits per heavy atom. The molecule has 2 heterocycles. The monoisotopic (exact) mass is 352 g/mol. The van der Waals surface area contributed by atoms with Crippen LogP contribution < -0.4 is 0 Å². The number of halogens is 1. The van der Waals surface area contributed by atoms with E-state index in [0.717, 1.165) is 26.5 Å². The highest BCUT2D eigenvalue weighted by molar-refractivity contribution is 9.10. The van der Waals surface area contributed by atoms with Crippen molar-refractivity contribution in [3.8, 4) is 0 Å². The van der Waals surface area contributed by atoms with E-state index in [0.29, 0.717) is 6.42 Å². The molecule has 0 spiro atoms. The molecule has 21 heavy (non-hydrogen) atoms. The van der Waals surface area contributed by atoms with Gasteiger partial charge in [0.25, 0.3) is 0 Å². The summed E-state index contributed by atoms with van der Waals surface area (Å²) in [6.45, 7) is 0.190. The Morgan fingerprint density at radius 3 is 3.19 bits per heavy atom. The predicted molar refractivity (Wildman–Crippen MR) is 77.4 cm³/mol. The molecule has 1 aliphatic heterocycles. The van der Waals surface area contributed by atoms with Crippen LogP contribution in [0.4, 0.5) is 0 Å². The van der Waals surface area contributed by atoms with Crippen molar-refractivity contribution in [2.45, 2.75) is 19.4 Å². The van der Waals surface area contributed by atoms with Crippen LogP contribution in [0.1, 0.15) is 17.5 Å². The zero-order valence-electron chi connectivity index (χ0n) is 11.3. The molecule has 0 bridgehead atoms. The highest BCUT2D eigenvalue weighted by atomic mass is 79.9. The summed E-state index contributed by atoms with van der Waals surface area (Å²) >= 11 is 3.49. The average molecular weight is 353 g/mol. The molecular formula is C14H13BrN2O4. The van der Waals surface area contributed by atoms with Crippen LogP contribution in [-0.2, 0) is 32.1 Å². The second kappa shape index (κ2) is 5.48. The minimum Gasteiger partial charge on any atom is -0.469 e. The Bertz CT molecular complexity index is 725. The first kappa shape index (κ1) is 14.1. The van der Waals surface area contributed by atoms with Crippen LogP contribution in [0.5, 0.6) is 0 Å². The van der Waals surface area contributed by atoms with Gasteiger partial charge in [-0.05, 0) is 34.0 Å². The number of hydrogen-bond acceptors (Lipinski definition) is 5. The number of carbonyl (C=O) groups is 2. The van der Waals surface area contributed by atoms with Crippen molar-refractivity contribution in [1.29, 1.82) is 0 Å². The van der Waals surface area contributed by atoms with E-state index in [2.05, 4.69) is 30.9 Å². The minimum atomic E-state index is -0.519. The summed E-state index contributed by atoms with van der Waals surface area (Å²) in [5, 5.41) is 7.86. The molecule has 2 aromatic rings. The van der Waals surface area contributed by atoms with Gasteiger partial charge in [0.05, 0.1) is 31.2 Å². The van der Waals surface area contributed by atoms with Crippen molar-refractivity contribution in [2.75, 3.05) is 7.11 Å². The van der Waals surface area contributed by atoms with Gasteiger partial charge in [-0.3, -0.25) is 14.7 Å². The van der Waals surface area contributed by atoms with E-state index in [1.165, 1.54) is 7.11 Å². The maximum absolute atomic E-state index is 12.0. The van der Waals surface area contributed by atoms with Gasteiger partial charge in [0, 0.05) is 15.4 Å². The quantitative estimate of drug-likeness (QED) is 0.837. The van der Waals surface area contributed by atoms with Crippen LogP contribution in [0.2, 0.25) is 0 Å². The number of methoxy groups -OCH3 is 1. The maximum Gasteiger partial charge on any atom is 0.310 e. The highest BCUT2D eigenvalue weighted by Crippen LogP contribution is 2.33. The molecule has 1 unspecified atom stereocenters. The summed E-state index contributed by atoms with van der Waals surface area (Å²) in [6.07, 6.45) is 2.19. The van der Waals surface area contributed by atoms with Crippen molar-refractivity contribution >= 4 is 38.8 Å². The molecular weight excluding hydrogens is 340 g/mol. The van der Waals surface area contributed by atoms with Crippen molar-refractivity contribution in [1.82, 2.24) is 10.2 Å². The Kier molecular flexibility index (Phi) is 3.67. The number of ether oxygens (including phenoxy) is 2. The molecule has 1 atom stereocenters. The van der Waals surface area contributed by atoms with Gasteiger partial charge in [-0.2, -0.15) is 5.10 Å². The molecule has 1 aliphatic rings. The summed E-state index contributed by atoms with van der Waals surface area (Å²) in [4.78, 5) is 23.5. The Hall–Kier alpha value is -1.89. The van der Waals surface area contributed by atoms with Gasteiger partial charge >= 0.3 is 11.9 Å². The van der Waals surface area contributed by atoms with Gasteiger partial charge in [0.1, 0.15) is 6.61 Å². The SMILES string of the molecule is COC(=O)CC1Cc2cc(Br)c3[nH]ncc3c2COC1=O. The predicted octanol–water partition coefficient (Wildman–Crippen LogP) is 2.10. The summed E-state index contributed by atoms with van der Waals surface area (Å²) in [5.74, 6) is -1.30. The van der Waals surface area contributed by atoms with E-state index in [9.17, 15) is 9.59 Å². The number of H-pyrrole nitrogens is 1. The fourth-order valence-corrected chi connectivity index (χ4v) is 3.16. The van der Waals surface area contributed by atoms with E-state index in [4.69, 9.17) is 4.74 Å². The molecule has 3 rings (SSSR count). The molecule has 110 valence electrons. The summed E-state index contributed by atoms with van der Waals surface area (Å²) in [7, 11) is 1.31. The van der Waals surface area contributed by atoms with E-state index < -0.39 is 11.9 Å². The van der Waals surface area contributed by atoms with E-state index >= 15 is 0 Å². The summed E-state index contributed by atoms with van der Waals surface area (Å²) < 4.78 is 10.8. The molecule has 7 heteroatoms. The maximum atomic E-state index is 12.0. The van der Waals surface area contributed by atoms with Crippen LogP contribution in [-0.4, -0.2) is 29.2 Å². The van der Waals surface area contributed by atoms with Crippen LogP contribution in [0.3, 0.4) is 0 Å². The van der Waals surface area contributed by atoms with Gasteiger partial charge in [-0.1, -0.05) is 0 Å². The van der Waals surface area contributed by atoms with E-state index in [-0.39, 0.29) is 19.0 Å². The van der Waals surface area contributed by atoms with Gasteiger partial charge < -0.3 is 9.47 Å². The molecule has 0 amide bonds. The Balaban J connectivity index is 2.02. The third-order valence-electron chi connectivity index (χ3n) is 3.69. The molecule has 0 radical (unpaired) electrons. The molecule has 1 aromatic carbocycles. The first-order chi connectivity index (χ1) is 10.1. The highest BCUT2D eigenvalue weighted by Gasteiger charge is 2.29. The zero-order chi connectivity index (χ0) is 15.0. The lowest BCUT2D eigenvalue weighted by Crippen LogP contribution is -2.21. The number of nitrogens with zero attached hydrogens (tertiary/aromatic N) is 1. The summed E-state index contributed by atoms with van der Waals surface area (Å²) in [6, 6.07) is 1.95. The lowest BCUT2D eigenvalue weighted by Gasteiger charge is -2.11. The van der Waals surface area contributed by atoms with Gasteiger partial charge in [-0.15, -0.1) is 0 Å². The van der Waals surface area contributed by atoms with Crippen molar-refractivity contribution < 1.29 is 19.1 Å². The van der Waals surface area contributed by atoms with Crippen molar-refractivity contribution in [3.05, 3.63) is 27.9 Å². The van der Waals surface area contributed by atoms with Crippen LogP contribution in [0.15, 0.2) is 16.7 Å². The number of rotatable bonds is 2. The second-order valence-corrected chi connectivity index (χ2v) is 5.80. The summed E-state index contributed by atoms with van der Waals surface area (Å²) in [5.41, 5.74) is 2.79. The number of aromatic nitrogens is 2. The van der Waals surface area contributed by atoms with Crippen LogP contribution in [0, 0.1) is 5.92 Å². The molecule has 0 saturated carbocycles. The minimum absolute atomic E-state index is 0.0236. The number of esters is 2. The fourth-order valence-electron chi connectivity index (χ4n) is 2.58. The van der Waals surface area contributed by atoms with Crippen molar-refractivity contribution in [3.63, 3.8) is 0 Å².